The molecular formula is C14H14Cl2N2. The van der Waals surface area contributed by atoms with Gasteiger partial charge in [-0.05, 0) is 36.2 Å². The molecule has 0 radical (unpaired) electrons. The van der Waals surface area contributed by atoms with Gasteiger partial charge in [0, 0.05) is 22.4 Å². The second-order valence-corrected chi connectivity index (χ2v) is 4.86. The first kappa shape index (κ1) is 13.2. The molecule has 0 amide bonds. The van der Waals surface area contributed by atoms with Crippen LogP contribution in [0.3, 0.4) is 0 Å². The van der Waals surface area contributed by atoms with E-state index in [1.807, 2.05) is 24.3 Å². The maximum Gasteiger partial charge on any atom is 0.0531 e. The van der Waals surface area contributed by atoms with Gasteiger partial charge in [0.05, 0.1) is 11.7 Å². The Morgan fingerprint density at radius 2 is 2.11 bits per heavy atom. The molecular weight excluding hydrogens is 267 g/mol. The molecule has 0 aliphatic carbocycles. The molecule has 1 atom stereocenters. The number of nitrogens with zero attached hydrogens (tertiary/aromatic N) is 1. The summed E-state index contributed by atoms with van der Waals surface area (Å²) in [6.07, 6.45) is 4.48. The SMILES string of the molecule is CCC(Nc1cccnc1)c1ccc(Cl)cc1Cl. The van der Waals surface area contributed by atoms with E-state index < -0.39 is 0 Å². The molecule has 2 rings (SSSR count). The Morgan fingerprint density at radius 1 is 1.28 bits per heavy atom. The summed E-state index contributed by atoms with van der Waals surface area (Å²) in [6.45, 7) is 2.11. The van der Waals surface area contributed by atoms with Crippen molar-refractivity contribution in [3.8, 4) is 0 Å². The zero-order valence-corrected chi connectivity index (χ0v) is 11.5. The van der Waals surface area contributed by atoms with E-state index >= 15 is 0 Å². The smallest absolute Gasteiger partial charge is 0.0531 e. The van der Waals surface area contributed by atoms with Crippen molar-refractivity contribution in [1.82, 2.24) is 4.98 Å². The monoisotopic (exact) mass is 280 g/mol. The first-order chi connectivity index (χ1) is 8.70. The van der Waals surface area contributed by atoms with Gasteiger partial charge < -0.3 is 5.32 Å². The van der Waals surface area contributed by atoms with Crippen molar-refractivity contribution in [2.45, 2.75) is 19.4 Å². The molecule has 18 heavy (non-hydrogen) atoms. The van der Waals surface area contributed by atoms with Crippen LogP contribution in [0.4, 0.5) is 5.69 Å². The van der Waals surface area contributed by atoms with E-state index in [2.05, 4.69) is 17.2 Å². The molecule has 2 aromatic rings. The summed E-state index contributed by atoms with van der Waals surface area (Å²) in [5, 5.41) is 4.75. The largest absolute Gasteiger partial charge is 0.377 e. The van der Waals surface area contributed by atoms with Crippen LogP contribution < -0.4 is 5.32 Å². The highest BCUT2D eigenvalue weighted by Gasteiger charge is 2.13. The van der Waals surface area contributed by atoms with Crippen LogP contribution in [0.1, 0.15) is 24.9 Å². The minimum Gasteiger partial charge on any atom is -0.377 e. The molecule has 1 aromatic heterocycles. The molecule has 1 unspecified atom stereocenters. The lowest BCUT2D eigenvalue weighted by Gasteiger charge is -2.19. The summed E-state index contributed by atoms with van der Waals surface area (Å²) in [5.41, 5.74) is 2.03. The number of rotatable bonds is 4. The fourth-order valence-corrected chi connectivity index (χ4v) is 2.37. The minimum atomic E-state index is 0.152. The maximum atomic E-state index is 6.23. The van der Waals surface area contributed by atoms with Crippen molar-refractivity contribution < 1.29 is 0 Å². The van der Waals surface area contributed by atoms with Gasteiger partial charge in [0.15, 0.2) is 0 Å². The van der Waals surface area contributed by atoms with Gasteiger partial charge in [-0.3, -0.25) is 4.98 Å². The molecule has 1 aromatic carbocycles. The Balaban J connectivity index is 2.23. The summed E-state index contributed by atoms with van der Waals surface area (Å²) in [7, 11) is 0. The molecule has 0 aliphatic heterocycles. The summed E-state index contributed by atoms with van der Waals surface area (Å²) in [5.74, 6) is 0. The van der Waals surface area contributed by atoms with Crippen molar-refractivity contribution in [2.24, 2.45) is 0 Å². The van der Waals surface area contributed by atoms with Crippen molar-refractivity contribution in [3.63, 3.8) is 0 Å². The van der Waals surface area contributed by atoms with Gasteiger partial charge >= 0.3 is 0 Å². The summed E-state index contributed by atoms with van der Waals surface area (Å²) in [4.78, 5) is 4.09. The van der Waals surface area contributed by atoms with E-state index in [1.54, 1.807) is 18.5 Å². The van der Waals surface area contributed by atoms with Gasteiger partial charge in [0.1, 0.15) is 0 Å². The Kier molecular flexibility index (Phi) is 4.45. The predicted molar refractivity (Wildman–Crippen MR) is 77.4 cm³/mol. The van der Waals surface area contributed by atoms with E-state index in [9.17, 15) is 0 Å². The number of halogens is 2. The fourth-order valence-electron chi connectivity index (χ4n) is 1.83. The van der Waals surface area contributed by atoms with E-state index in [-0.39, 0.29) is 6.04 Å². The molecule has 0 saturated carbocycles. The number of aromatic nitrogens is 1. The average molecular weight is 281 g/mol. The van der Waals surface area contributed by atoms with Crippen molar-refractivity contribution in [2.75, 3.05) is 5.32 Å². The van der Waals surface area contributed by atoms with Crippen LogP contribution >= 0.6 is 23.2 Å². The van der Waals surface area contributed by atoms with Crippen LogP contribution in [-0.4, -0.2) is 4.98 Å². The standard InChI is InChI=1S/C14H14Cl2N2/c1-2-14(18-11-4-3-7-17-9-11)12-6-5-10(15)8-13(12)16/h3-9,14,18H,2H2,1H3. The van der Waals surface area contributed by atoms with E-state index in [0.717, 1.165) is 17.7 Å². The normalized spacial score (nSPS) is 12.2. The number of anilines is 1. The number of pyridine rings is 1. The molecule has 0 aliphatic rings. The van der Waals surface area contributed by atoms with Crippen LogP contribution in [0, 0.1) is 0 Å². The van der Waals surface area contributed by atoms with Crippen LogP contribution in [0.15, 0.2) is 42.7 Å². The molecule has 0 spiro atoms. The first-order valence-electron chi connectivity index (χ1n) is 5.82. The second-order valence-electron chi connectivity index (χ2n) is 4.01. The summed E-state index contributed by atoms with van der Waals surface area (Å²) in [6, 6.07) is 9.63. The number of hydrogen-bond acceptors (Lipinski definition) is 2. The van der Waals surface area contributed by atoms with Gasteiger partial charge in [-0.1, -0.05) is 36.2 Å². The highest BCUT2D eigenvalue weighted by Crippen LogP contribution is 2.30. The topological polar surface area (TPSA) is 24.9 Å². The quantitative estimate of drug-likeness (QED) is 0.857. The van der Waals surface area contributed by atoms with Crippen LogP contribution in [0.5, 0.6) is 0 Å². The van der Waals surface area contributed by atoms with Gasteiger partial charge in [-0.2, -0.15) is 0 Å². The van der Waals surface area contributed by atoms with E-state index in [1.165, 1.54) is 0 Å². The van der Waals surface area contributed by atoms with Crippen LogP contribution in [-0.2, 0) is 0 Å². The van der Waals surface area contributed by atoms with Gasteiger partial charge in [-0.15, -0.1) is 0 Å². The molecule has 0 fully saturated rings. The van der Waals surface area contributed by atoms with Gasteiger partial charge in [-0.25, -0.2) is 0 Å². The Hall–Kier alpha value is -1.25. The van der Waals surface area contributed by atoms with Crippen LogP contribution in [0.2, 0.25) is 10.0 Å². The van der Waals surface area contributed by atoms with Crippen molar-refractivity contribution in [1.29, 1.82) is 0 Å². The Bertz CT molecular complexity index is 514. The first-order valence-corrected chi connectivity index (χ1v) is 6.58. The summed E-state index contributed by atoms with van der Waals surface area (Å²) < 4.78 is 0. The Morgan fingerprint density at radius 3 is 2.72 bits per heavy atom. The number of hydrogen-bond donors (Lipinski definition) is 1. The third-order valence-corrected chi connectivity index (χ3v) is 3.31. The van der Waals surface area contributed by atoms with E-state index in [4.69, 9.17) is 23.2 Å². The Labute approximate surface area is 117 Å². The van der Waals surface area contributed by atoms with Crippen molar-refractivity contribution >= 4 is 28.9 Å². The minimum absolute atomic E-state index is 0.152. The summed E-state index contributed by atoms with van der Waals surface area (Å²) >= 11 is 12.1. The average Bonchev–Trinajstić information content (AvgIpc) is 2.38. The molecule has 4 heteroatoms. The fraction of sp³-hybridized carbons (Fsp3) is 0.214. The molecule has 94 valence electrons. The van der Waals surface area contributed by atoms with Crippen molar-refractivity contribution in [3.05, 3.63) is 58.3 Å². The highest BCUT2D eigenvalue weighted by atomic mass is 35.5. The zero-order valence-electron chi connectivity index (χ0n) is 10.0. The lowest BCUT2D eigenvalue weighted by molar-refractivity contribution is 0.749. The lowest BCUT2D eigenvalue weighted by atomic mass is 10.0. The molecule has 0 bridgehead atoms. The van der Waals surface area contributed by atoms with Crippen LogP contribution in [0.25, 0.3) is 0 Å². The molecule has 1 N–H and O–H groups in total. The molecule has 1 heterocycles. The lowest BCUT2D eigenvalue weighted by Crippen LogP contribution is -2.10. The van der Waals surface area contributed by atoms with E-state index in [0.29, 0.717) is 10.0 Å². The second kappa shape index (κ2) is 6.07. The number of nitrogens with one attached hydrogen (secondary N) is 1. The predicted octanol–water partition coefficient (Wildman–Crippen LogP) is 4.95. The third kappa shape index (κ3) is 3.15. The molecule has 2 nitrogen and oxygen atoms in total. The zero-order chi connectivity index (χ0) is 13.0. The maximum absolute atomic E-state index is 6.23. The molecule has 0 saturated heterocycles. The number of benzene rings is 1. The third-order valence-electron chi connectivity index (χ3n) is 2.75. The van der Waals surface area contributed by atoms with Gasteiger partial charge in [0.2, 0.25) is 0 Å². The highest BCUT2D eigenvalue weighted by molar-refractivity contribution is 6.35. The van der Waals surface area contributed by atoms with Gasteiger partial charge in [0.25, 0.3) is 0 Å².